The van der Waals surface area contributed by atoms with Crippen molar-refractivity contribution in [1.29, 1.82) is 0 Å². The number of anilines is 1. The molecule has 0 unspecified atom stereocenters. The lowest BCUT2D eigenvalue weighted by atomic mass is 9.97. The van der Waals surface area contributed by atoms with Crippen molar-refractivity contribution in [3.8, 4) is 0 Å². The first-order chi connectivity index (χ1) is 11.1. The van der Waals surface area contributed by atoms with Gasteiger partial charge in [-0.3, -0.25) is 4.79 Å². The van der Waals surface area contributed by atoms with Gasteiger partial charge in [-0.25, -0.2) is 4.79 Å². The van der Waals surface area contributed by atoms with Crippen molar-refractivity contribution in [2.45, 2.75) is 51.0 Å². The lowest BCUT2D eigenvalue weighted by Crippen LogP contribution is -2.38. The van der Waals surface area contributed by atoms with E-state index >= 15 is 0 Å². The van der Waals surface area contributed by atoms with Gasteiger partial charge in [-0.2, -0.15) is 0 Å². The van der Waals surface area contributed by atoms with Crippen molar-refractivity contribution < 1.29 is 14.3 Å². The number of carbonyl (C=O) groups excluding carboxylic acids is 2. The number of hydrogen-bond donors (Lipinski definition) is 2. The summed E-state index contributed by atoms with van der Waals surface area (Å²) < 4.78 is 5.03. The number of carbonyl (C=O) groups is 2. The Morgan fingerprint density at radius 2 is 1.83 bits per heavy atom. The van der Waals surface area contributed by atoms with Gasteiger partial charge in [0.05, 0.1) is 5.56 Å². The first-order valence-electron chi connectivity index (χ1n) is 8.08. The highest BCUT2D eigenvalue weighted by Crippen LogP contribution is 2.19. The first kappa shape index (κ1) is 17.6. The molecule has 0 radical (unpaired) electrons. The Kier molecular flexibility index (Phi) is 6.71. The third-order valence-corrected chi connectivity index (χ3v) is 4.27. The molecule has 0 heterocycles. The fraction of sp³-hybridized carbons (Fsp3) is 0.529. The maximum atomic E-state index is 12.0. The summed E-state index contributed by atoms with van der Waals surface area (Å²) in [6.07, 6.45) is 7.94. The molecule has 0 saturated heterocycles. The normalized spacial score (nSPS) is 16.2. The third-order valence-electron chi connectivity index (χ3n) is 4.04. The van der Waals surface area contributed by atoms with E-state index in [-0.39, 0.29) is 29.8 Å². The fourth-order valence-electron chi connectivity index (χ4n) is 2.78. The fourth-order valence-corrected chi connectivity index (χ4v) is 2.96. The highest BCUT2D eigenvalue weighted by Gasteiger charge is 2.17. The molecule has 1 aliphatic carbocycles. The maximum Gasteiger partial charge on any atom is 0.340 e. The molecule has 1 aromatic carbocycles. The van der Waals surface area contributed by atoms with Crippen LogP contribution in [-0.2, 0) is 9.53 Å². The number of nitrogens with one attached hydrogen (secondary N) is 1. The standard InChI is InChI=1S/C17H23ClN2O3/c18-12-8-9-15(19)14(10-12)17(22)23-11-16(21)20-13-6-4-2-1-3-5-7-13/h8-10,13H,1-7,11,19H2,(H,20,21). The van der Waals surface area contributed by atoms with Gasteiger partial charge < -0.3 is 15.8 Å². The van der Waals surface area contributed by atoms with Crippen LogP contribution in [0.5, 0.6) is 0 Å². The number of hydrogen-bond acceptors (Lipinski definition) is 4. The van der Waals surface area contributed by atoms with Crippen LogP contribution in [0.4, 0.5) is 5.69 Å². The summed E-state index contributed by atoms with van der Waals surface area (Å²) in [7, 11) is 0. The number of ether oxygens (including phenoxy) is 1. The summed E-state index contributed by atoms with van der Waals surface area (Å²) in [5.74, 6) is -0.915. The summed E-state index contributed by atoms with van der Waals surface area (Å²) in [4.78, 5) is 23.9. The number of nitrogens with two attached hydrogens (primary N) is 1. The van der Waals surface area contributed by atoms with Crippen molar-refractivity contribution in [1.82, 2.24) is 5.32 Å². The molecule has 5 nitrogen and oxygen atoms in total. The highest BCUT2D eigenvalue weighted by molar-refractivity contribution is 6.31. The van der Waals surface area contributed by atoms with Crippen LogP contribution in [0.1, 0.15) is 55.3 Å². The minimum atomic E-state index is -0.641. The summed E-state index contributed by atoms with van der Waals surface area (Å²) >= 11 is 5.84. The van der Waals surface area contributed by atoms with Crippen LogP contribution in [0.2, 0.25) is 5.02 Å². The molecule has 6 heteroatoms. The topological polar surface area (TPSA) is 81.4 Å². The SMILES string of the molecule is Nc1ccc(Cl)cc1C(=O)OCC(=O)NC1CCCCCCC1. The molecular weight excluding hydrogens is 316 g/mol. The Morgan fingerprint density at radius 3 is 2.52 bits per heavy atom. The quantitative estimate of drug-likeness (QED) is 0.652. The number of rotatable bonds is 4. The third kappa shape index (κ3) is 5.75. The van der Waals surface area contributed by atoms with Gasteiger partial charge in [0.15, 0.2) is 6.61 Å². The largest absolute Gasteiger partial charge is 0.452 e. The number of benzene rings is 1. The van der Waals surface area contributed by atoms with Crippen molar-refractivity contribution in [2.75, 3.05) is 12.3 Å². The smallest absolute Gasteiger partial charge is 0.340 e. The van der Waals surface area contributed by atoms with Crippen molar-refractivity contribution in [3.05, 3.63) is 28.8 Å². The molecule has 1 aliphatic rings. The zero-order valence-electron chi connectivity index (χ0n) is 13.1. The second-order valence-corrected chi connectivity index (χ2v) is 6.35. The van der Waals surface area contributed by atoms with Gasteiger partial charge in [-0.1, -0.05) is 43.7 Å². The molecule has 0 bridgehead atoms. The molecule has 0 aromatic heterocycles. The van der Waals surface area contributed by atoms with Crippen LogP contribution in [0.25, 0.3) is 0 Å². The predicted molar refractivity (Wildman–Crippen MR) is 90.4 cm³/mol. The lowest BCUT2D eigenvalue weighted by molar-refractivity contribution is -0.125. The zero-order valence-corrected chi connectivity index (χ0v) is 13.9. The van der Waals surface area contributed by atoms with E-state index in [1.54, 1.807) is 6.07 Å². The summed E-state index contributed by atoms with van der Waals surface area (Å²) in [5.41, 5.74) is 6.17. The number of esters is 1. The minimum Gasteiger partial charge on any atom is -0.452 e. The van der Waals surface area contributed by atoms with Gasteiger partial charge in [0.1, 0.15) is 0 Å². The minimum absolute atomic E-state index is 0.177. The van der Waals surface area contributed by atoms with Crippen LogP contribution in [0.3, 0.4) is 0 Å². The number of nitrogen functional groups attached to an aromatic ring is 1. The first-order valence-corrected chi connectivity index (χ1v) is 8.45. The molecule has 1 saturated carbocycles. The molecule has 2 rings (SSSR count). The molecule has 126 valence electrons. The number of halogens is 1. The number of amides is 1. The van der Waals surface area contributed by atoms with Gasteiger partial charge >= 0.3 is 5.97 Å². The van der Waals surface area contributed by atoms with Gasteiger partial charge in [-0.15, -0.1) is 0 Å². The van der Waals surface area contributed by atoms with Gasteiger partial charge in [-0.05, 0) is 31.0 Å². The van der Waals surface area contributed by atoms with Gasteiger partial charge in [0.25, 0.3) is 5.91 Å². The van der Waals surface area contributed by atoms with Crippen molar-refractivity contribution in [3.63, 3.8) is 0 Å². The van der Waals surface area contributed by atoms with E-state index < -0.39 is 5.97 Å². The molecular formula is C17H23ClN2O3. The second kappa shape index (κ2) is 8.77. The summed E-state index contributed by atoms with van der Waals surface area (Å²) in [6, 6.07) is 4.74. The Bertz CT molecular complexity index is 555. The highest BCUT2D eigenvalue weighted by atomic mass is 35.5. The molecule has 1 aromatic rings. The van der Waals surface area contributed by atoms with E-state index in [9.17, 15) is 9.59 Å². The Labute approximate surface area is 141 Å². The van der Waals surface area contributed by atoms with Crippen molar-refractivity contribution >= 4 is 29.2 Å². The van der Waals surface area contributed by atoms with Gasteiger partial charge in [0, 0.05) is 16.8 Å². The Morgan fingerprint density at radius 1 is 1.17 bits per heavy atom. The van der Waals surface area contributed by atoms with E-state index in [0.717, 1.165) is 25.7 Å². The second-order valence-electron chi connectivity index (χ2n) is 5.92. The van der Waals surface area contributed by atoms with E-state index in [2.05, 4.69) is 5.32 Å². The Balaban J connectivity index is 1.81. The van der Waals surface area contributed by atoms with Crippen LogP contribution in [-0.4, -0.2) is 24.5 Å². The Hall–Kier alpha value is -1.75. The monoisotopic (exact) mass is 338 g/mol. The average Bonchev–Trinajstić information content (AvgIpc) is 2.50. The van der Waals surface area contributed by atoms with E-state index in [0.29, 0.717) is 5.02 Å². The van der Waals surface area contributed by atoms with Crippen LogP contribution < -0.4 is 11.1 Å². The summed E-state index contributed by atoms with van der Waals surface area (Å²) in [6.45, 7) is -0.304. The molecule has 0 aliphatic heterocycles. The van der Waals surface area contributed by atoms with Crippen LogP contribution in [0, 0.1) is 0 Å². The maximum absolute atomic E-state index is 12.0. The van der Waals surface area contributed by atoms with Gasteiger partial charge in [0.2, 0.25) is 0 Å². The molecule has 1 amide bonds. The molecule has 1 fully saturated rings. The van der Waals surface area contributed by atoms with E-state index in [1.165, 1.54) is 31.4 Å². The molecule has 0 atom stereocenters. The van der Waals surface area contributed by atoms with Crippen LogP contribution in [0.15, 0.2) is 18.2 Å². The van der Waals surface area contributed by atoms with Crippen LogP contribution >= 0.6 is 11.6 Å². The predicted octanol–water partition coefficient (Wildman–Crippen LogP) is 3.31. The molecule has 3 N–H and O–H groups in total. The van der Waals surface area contributed by atoms with Crippen molar-refractivity contribution in [2.24, 2.45) is 0 Å². The van der Waals surface area contributed by atoms with E-state index in [1.807, 2.05) is 0 Å². The van der Waals surface area contributed by atoms with E-state index in [4.69, 9.17) is 22.1 Å². The summed E-state index contributed by atoms with van der Waals surface area (Å²) in [5, 5.41) is 3.34. The average molecular weight is 339 g/mol. The zero-order chi connectivity index (χ0) is 16.7. The molecule has 0 spiro atoms. The molecule has 23 heavy (non-hydrogen) atoms. The lowest BCUT2D eigenvalue weighted by Gasteiger charge is -2.21.